The molecule has 1 heterocycles. The van der Waals surface area contributed by atoms with Crippen LogP contribution in [0.4, 0.5) is 11.4 Å². The van der Waals surface area contributed by atoms with E-state index in [0.717, 1.165) is 0 Å². The van der Waals surface area contributed by atoms with Crippen molar-refractivity contribution in [1.82, 2.24) is 5.32 Å². The molecule has 0 spiro atoms. The SMILES string of the molecule is Cc1coc(CC(=O)O)c1C(=O)NCCNc1ccccc1[N+](=O)[O-]. The maximum atomic E-state index is 12.2. The van der Waals surface area contributed by atoms with Crippen LogP contribution in [0.2, 0.25) is 0 Å². The summed E-state index contributed by atoms with van der Waals surface area (Å²) in [7, 11) is 0. The smallest absolute Gasteiger partial charge is 0.311 e. The van der Waals surface area contributed by atoms with Crippen molar-refractivity contribution in [3.8, 4) is 0 Å². The van der Waals surface area contributed by atoms with Crippen molar-refractivity contribution in [2.45, 2.75) is 13.3 Å². The Bertz CT molecular complexity index is 799. The quantitative estimate of drug-likeness (QED) is 0.377. The molecule has 0 saturated carbocycles. The minimum absolute atomic E-state index is 0.0525. The van der Waals surface area contributed by atoms with Crippen molar-refractivity contribution in [3.05, 3.63) is 57.5 Å². The van der Waals surface area contributed by atoms with Crippen LogP contribution in [0.5, 0.6) is 0 Å². The number of para-hydroxylation sites is 2. The van der Waals surface area contributed by atoms with Gasteiger partial charge in [-0.25, -0.2) is 0 Å². The lowest BCUT2D eigenvalue weighted by Gasteiger charge is -2.09. The summed E-state index contributed by atoms with van der Waals surface area (Å²) in [6.45, 7) is 2.11. The third kappa shape index (κ3) is 4.56. The van der Waals surface area contributed by atoms with E-state index in [-0.39, 0.29) is 36.5 Å². The molecule has 1 aromatic heterocycles. The molecule has 1 amide bonds. The maximum absolute atomic E-state index is 12.2. The lowest BCUT2D eigenvalue weighted by Crippen LogP contribution is -2.29. The molecule has 0 atom stereocenters. The number of carbonyl (C=O) groups is 2. The molecule has 9 heteroatoms. The monoisotopic (exact) mass is 347 g/mol. The number of furan rings is 1. The van der Waals surface area contributed by atoms with Crippen LogP contribution in [0.15, 0.2) is 34.9 Å². The van der Waals surface area contributed by atoms with Crippen LogP contribution >= 0.6 is 0 Å². The van der Waals surface area contributed by atoms with Crippen LogP contribution < -0.4 is 10.6 Å². The van der Waals surface area contributed by atoms with Crippen LogP contribution in [-0.4, -0.2) is 35.0 Å². The Morgan fingerprint density at radius 2 is 2.00 bits per heavy atom. The average Bonchev–Trinajstić information content (AvgIpc) is 2.91. The normalized spacial score (nSPS) is 10.3. The second-order valence-corrected chi connectivity index (χ2v) is 5.24. The van der Waals surface area contributed by atoms with Gasteiger partial charge in [-0.15, -0.1) is 0 Å². The number of carboxylic acid groups (broad SMARTS) is 1. The molecule has 2 rings (SSSR count). The van der Waals surface area contributed by atoms with Crippen LogP contribution in [0.3, 0.4) is 0 Å². The number of hydrogen-bond donors (Lipinski definition) is 3. The van der Waals surface area contributed by atoms with Crippen molar-refractivity contribution in [2.24, 2.45) is 0 Å². The minimum atomic E-state index is -1.10. The maximum Gasteiger partial charge on any atom is 0.311 e. The van der Waals surface area contributed by atoms with Crippen molar-refractivity contribution in [3.63, 3.8) is 0 Å². The molecule has 0 aliphatic carbocycles. The number of carbonyl (C=O) groups excluding carboxylic acids is 1. The highest BCUT2D eigenvalue weighted by Gasteiger charge is 2.20. The lowest BCUT2D eigenvalue weighted by molar-refractivity contribution is -0.384. The number of aliphatic carboxylic acids is 1. The number of carboxylic acids is 1. The molecule has 132 valence electrons. The van der Waals surface area contributed by atoms with E-state index in [9.17, 15) is 19.7 Å². The van der Waals surface area contributed by atoms with E-state index in [1.165, 1.54) is 12.3 Å². The molecule has 0 fully saturated rings. The van der Waals surface area contributed by atoms with E-state index < -0.39 is 16.8 Å². The summed E-state index contributed by atoms with van der Waals surface area (Å²) >= 11 is 0. The number of aryl methyl sites for hydroxylation is 1. The minimum Gasteiger partial charge on any atom is -0.481 e. The second kappa shape index (κ2) is 7.95. The number of hydrogen-bond acceptors (Lipinski definition) is 6. The fourth-order valence-corrected chi connectivity index (χ4v) is 2.31. The average molecular weight is 347 g/mol. The van der Waals surface area contributed by atoms with E-state index in [1.807, 2.05) is 0 Å². The van der Waals surface area contributed by atoms with E-state index in [1.54, 1.807) is 25.1 Å². The Labute approximate surface area is 142 Å². The Hall–Kier alpha value is -3.36. The molecule has 0 radical (unpaired) electrons. The highest BCUT2D eigenvalue weighted by atomic mass is 16.6. The Balaban J connectivity index is 1.93. The molecule has 1 aromatic carbocycles. The standard InChI is InChI=1S/C16H17N3O6/c1-10-9-25-13(8-14(20)21)15(10)16(22)18-7-6-17-11-4-2-3-5-12(11)19(23)24/h2-5,9,17H,6-8H2,1H3,(H,18,22)(H,20,21). The second-order valence-electron chi connectivity index (χ2n) is 5.24. The molecule has 0 aliphatic rings. The van der Waals surface area contributed by atoms with Gasteiger partial charge in [0, 0.05) is 24.7 Å². The van der Waals surface area contributed by atoms with Crippen LogP contribution in [0.25, 0.3) is 0 Å². The first kappa shape index (κ1) is 18.0. The van der Waals surface area contributed by atoms with Gasteiger partial charge in [-0.1, -0.05) is 12.1 Å². The zero-order valence-electron chi connectivity index (χ0n) is 13.4. The first-order valence-corrected chi connectivity index (χ1v) is 7.44. The third-order valence-corrected chi connectivity index (χ3v) is 3.42. The number of amides is 1. The van der Waals surface area contributed by atoms with Crippen molar-refractivity contribution >= 4 is 23.3 Å². The number of nitro groups is 1. The highest BCUT2D eigenvalue weighted by molar-refractivity contribution is 5.97. The molecule has 0 aliphatic heterocycles. The highest BCUT2D eigenvalue weighted by Crippen LogP contribution is 2.22. The summed E-state index contributed by atoms with van der Waals surface area (Å²) in [6.07, 6.45) is 0.948. The Morgan fingerprint density at radius 3 is 2.68 bits per heavy atom. The zero-order chi connectivity index (χ0) is 18.4. The number of rotatable bonds is 8. The largest absolute Gasteiger partial charge is 0.481 e. The molecular formula is C16H17N3O6. The van der Waals surface area contributed by atoms with E-state index in [4.69, 9.17) is 9.52 Å². The van der Waals surface area contributed by atoms with Gasteiger partial charge < -0.3 is 20.2 Å². The van der Waals surface area contributed by atoms with Crippen LogP contribution in [-0.2, 0) is 11.2 Å². The van der Waals surface area contributed by atoms with Gasteiger partial charge in [-0.3, -0.25) is 19.7 Å². The molecule has 0 unspecified atom stereocenters. The van der Waals surface area contributed by atoms with Gasteiger partial charge in [-0.2, -0.15) is 0 Å². The number of benzene rings is 1. The predicted molar refractivity (Wildman–Crippen MR) is 88.7 cm³/mol. The summed E-state index contributed by atoms with van der Waals surface area (Å²) in [5.41, 5.74) is 1.05. The number of nitro benzene ring substituents is 1. The predicted octanol–water partition coefficient (Wildman–Crippen LogP) is 1.97. The summed E-state index contributed by atoms with van der Waals surface area (Å²) in [5, 5.41) is 25.3. The fraction of sp³-hybridized carbons (Fsp3) is 0.250. The van der Waals surface area contributed by atoms with Gasteiger partial charge in [0.15, 0.2) is 0 Å². The zero-order valence-corrected chi connectivity index (χ0v) is 13.4. The number of anilines is 1. The third-order valence-electron chi connectivity index (χ3n) is 3.42. The van der Waals surface area contributed by atoms with Gasteiger partial charge in [0.25, 0.3) is 11.6 Å². The molecule has 9 nitrogen and oxygen atoms in total. The molecule has 2 aromatic rings. The van der Waals surface area contributed by atoms with Crippen molar-refractivity contribution in [2.75, 3.05) is 18.4 Å². The summed E-state index contributed by atoms with van der Waals surface area (Å²) in [4.78, 5) is 33.4. The molecular weight excluding hydrogens is 330 g/mol. The van der Waals surface area contributed by atoms with Crippen molar-refractivity contribution in [1.29, 1.82) is 0 Å². The summed E-state index contributed by atoms with van der Waals surface area (Å²) in [6, 6.07) is 6.19. The fourth-order valence-electron chi connectivity index (χ4n) is 2.31. The van der Waals surface area contributed by atoms with Gasteiger partial charge in [0.1, 0.15) is 17.9 Å². The Kier molecular flexibility index (Phi) is 5.72. The molecule has 0 saturated heterocycles. The van der Waals surface area contributed by atoms with Gasteiger partial charge in [-0.05, 0) is 13.0 Å². The van der Waals surface area contributed by atoms with Gasteiger partial charge in [0.05, 0.1) is 16.7 Å². The first-order valence-electron chi connectivity index (χ1n) is 7.44. The topological polar surface area (TPSA) is 135 Å². The van der Waals surface area contributed by atoms with Gasteiger partial charge in [0.2, 0.25) is 0 Å². The van der Waals surface area contributed by atoms with Crippen LogP contribution in [0, 0.1) is 17.0 Å². The lowest BCUT2D eigenvalue weighted by atomic mass is 10.1. The molecule has 25 heavy (non-hydrogen) atoms. The molecule has 0 bridgehead atoms. The first-order chi connectivity index (χ1) is 11.9. The number of nitrogens with one attached hydrogen (secondary N) is 2. The van der Waals surface area contributed by atoms with Crippen LogP contribution in [0.1, 0.15) is 21.7 Å². The summed E-state index contributed by atoms with van der Waals surface area (Å²) in [5.74, 6) is -1.46. The number of nitrogens with zero attached hydrogens (tertiary/aromatic N) is 1. The summed E-state index contributed by atoms with van der Waals surface area (Å²) < 4.78 is 5.11. The van der Waals surface area contributed by atoms with E-state index in [0.29, 0.717) is 11.3 Å². The van der Waals surface area contributed by atoms with E-state index in [2.05, 4.69) is 10.6 Å². The molecule has 3 N–H and O–H groups in total. The van der Waals surface area contributed by atoms with Gasteiger partial charge >= 0.3 is 5.97 Å². The van der Waals surface area contributed by atoms with Crippen molar-refractivity contribution < 1.29 is 24.0 Å². The van der Waals surface area contributed by atoms with E-state index >= 15 is 0 Å². The Morgan fingerprint density at radius 1 is 1.28 bits per heavy atom.